The maximum absolute atomic E-state index is 13.2. The molecule has 2 heterocycles. The Balaban J connectivity index is 1.43. The first kappa shape index (κ1) is 32.8. The summed E-state index contributed by atoms with van der Waals surface area (Å²) < 4.78 is 23.1. The van der Waals surface area contributed by atoms with E-state index in [2.05, 4.69) is 0 Å². The molecular formula is C34H44N2O8. The number of carbonyl (C=O) groups is 4. The molecule has 2 amide bonds. The average Bonchev–Trinajstić information content (AvgIpc) is 3.64. The minimum Gasteiger partial charge on any atom is -0.483 e. The predicted octanol–water partition coefficient (Wildman–Crippen LogP) is 4.78. The Hall–Kier alpha value is -4.08. The van der Waals surface area contributed by atoms with E-state index in [1.54, 1.807) is 65.8 Å². The summed E-state index contributed by atoms with van der Waals surface area (Å²) in [6, 6.07) is 13.3. The molecule has 0 saturated carbocycles. The second kappa shape index (κ2) is 13.7. The van der Waals surface area contributed by atoms with Crippen LogP contribution >= 0.6 is 0 Å². The number of benzene rings is 2. The molecule has 0 radical (unpaired) electrons. The normalized spacial score (nSPS) is 18.6. The molecule has 2 fully saturated rings. The number of amides is 2. The van der Waals surface area contributed by atoms with Gasteiger partial charge in [0.15, 0.2) is 13.2 Å². The van der Waals surface area contributed by atoms with Crippen molar-refractivity contribution < 1.29 is 38.1 Å². The SMILES string of the molecule is CC(C)(C)OC(=O)C1CCCN1C(=O)COc1ccccc1-c1ccccc1OCC(=O)N1CCCC1C(=O)OC(C)(C)C. The molecule has 10 nitrogen and oxygen atoms in total. The van der Waals surface area contributed by atoms with Gasteiger partial charge in [-0.25, -0.2) is 9.59 Å². The smallest absolute Gasteiger partial charge is 0.329 e. The van der Waals surface area contributed by atoms with Crippen molar-refractivity contribution in [3.63, 3.8) is 0 Å². The van der Waals surface area contributed by atoms with E-state index in [1.165, 1.54) is 9.80 Å². The third-order valence-corrected chi connectivity index (χ3v) is 7.27. The Bertz CT molecular complexity index is 1260. The van der Waals surface area contributed by atoms with Crippen molar-refractivity contribution in [1.29, 1.82) is 0 Å². The Morgan fingerprint density at radius 1 is 0.636 bits per heavy atom. The molecule has 2 saturated heterocycles. The molecule has 10 heteroatoms. The topological polar surface area (TPSA) is 112 Å². The van der Waals surface area contributed by atoms with Gasteiger partial charge < -0.3 is 28.7 Å². The summed E-state index contributed by atoms with van der Waals surface area (Å²) in [5.74, 6) is -0.491. The number of hydrogen-bond donors (Lipinski definition) is 0. The third-order valence-electron chi connectivity index (χ3n) is 7.27. The Morgan fingerprint density at radius 3 is 1.36 bits per heavy atom. The predicted molar refractivity (Wildman–Crippen MR) is 164 cm³/mol. The summed E-state index contributed by atoms with van der Waals surface area (Å²) in [5.41, 5.74) is 0.0821. The number of hydrogen-bond acceptors (Lipinski definition) is 8. The summed E-state index contributed by atoms with van der Waals surface area (Å²) in [4.78, 5) is 54.8. The van der Waals surface area contributed by atoms with Gasteiger partial charge in [-0.1, -0.05) is 36.4 Å². The van der Waals surface area contributed by atoms with Crippen molar-refractivity contribution in [3.8, 4) is 22.6 Å². The van der Waals surface area contributed by atoms with Crippen molar-refractivity contribution in [2.45, 2.75) is 90.5 Å². The van der Waals surface area contributed by atoms with Crippen LogP contribution in [0.3, 0.4) is 0 Å². The molecule has 238 valence electrons. The fourth-order valence-electron chi connectivity index (χ4n) is 5.43. The minimum atomic E-state index is -0.641. The molecule has 0 spiro atoms. The van der Waals surface area contributed by atoms with Crippen LogP contribution in [-0.2, 0) is 28.7 Å². The summed E-state index contributed by atoms with van der Waals surface area (Å²) in [6.45, 7) is 11.2. The number of carbonyl (C=O) groups excluding carboxylic acids is 4. The lowest BCUT2D eigenvalue weighted by atomic mass is 10.0. The van der Waals surface area contributed by atoms with Crippen molar-refractivity contribution in [3.05, 3.63) is 48.5 Å². The molecule has 2 aliphatic heterocycles. The average molecular weight is 609 g/mol. The zero-order valence-corrected chi connectivity index (χ0v) is 26.6. The lowest BCUT2D eigenvalue weighted by molar-refractivity contribution is -0.164. The molecule has 2 aliphatic rings. The quantitative estimate of drug-likeness (QED) is 0.374. The van der Waals surface area contributed by atoms with Gasteiger partial charge in [0.05, 0.1) is 0 Å². The van der Waals surface area contributed by atoms with Gasteiger partial charge in [0.2, 0.25) is 0 Å². The van der Waals surface area contributed by atoms with Gasteiger partial charge in [0.25, 0.3) is 11.8 Å². The van der Waals surface area contributed by atoms with Crippen molar-refractivity contribution in [1.82, 2.24) is 9.80 Å². The van der Waals surface area contributed by atoms with Crippen LogP contribution in [0.25, 0.3) is 11.1 Å². The number of esters is 2. The van der Waals surface area contributed by atoms with Crippen LogP contribution in [0.1, 0.15) is 67.2 Å². The van der Waals surface area contributed by atoms with Crippen molar-refractivity contribution in [2.24, 2.45) is 0 Å². The van der Waals surface area contributed by atoms with E-state index >= 15 is 0 Å². The summed E-state index contributed by atoms with van der Waals surface area (Å²) >= 11 is 0. The molecule has 4 rings (SSSR count). The van der Waals surface area contributed by atoms with Crippen LogP contribution in [0.4, 0.5) is 0 Å². The van der Waals surface area contributed by atoms with Crippen molar-refractivity contribution in [2.75, 3.05) is 26.3 Å². The molecule has 0 aromatic heterocycles. The largest absolute Gasteiger partial charge is 0.483 e. The van der Waals surface area contributed by atoms with Gasteiger partial charge in [0.1, 0.15) is 34.8 Å². The molecule has 0 bridgehead atoms. The maximum Gasteiger partial charge on any atom is 0.329 e. The molecule has 44 heavy (non-hydrogen) atoms. The Labute approximate surface area is 259 Å². The molecular weight excluding hydrogens is 564 g/mol. The zero-order chi connectivity index (χ0) is 32.1. The monoisotopic (exact) mass is 608 g/mol. The van der Waals surface area contributed by atoms with Gasteiger partial charge in [0, 0.05) is 24.2 Å². The highest BCUT2D eigenvalue weighted by molar-refractivity contribution is 5.87. The standard InChI is InChI=1S/C34H44N2O8/c1-33(2,3)43-31(39)25-15-11-19-35(25)29(37)21-41-27-17-9-7-13-23(27)24-14-8-10-18-28(24)42-22-30(38)36-20-12-16-26(36)32(40)44-34(4,5)6/h7-10,13-14,17-18,25-26H,11-12,15-16,19-22H2,1-6H3. The second-order valence-corrected chi connectivity index (χ2v) is 13.1. The number of nitrogens with zero attached hydrogens (tertiary/aromatic N) is 2. The van der Waals surface area contributed by atoms with E-state index in [9.17, 15) is 19.2 Å². The summed E-state index contributed by atoms with van der Waals surface area (Å²) in [6.07, 6.45) is 2.53. The maximum atomic E-state index is 13.2. The fraction of sp³-hybridized carbons (Fsp3) is 0.529. The Kier molecular flexibility index (Phi) is 10.2. The molecule has 2 aromatic carbocycles. The number of ether oxygens (including phenoxy) is 4. The van der Waals surface area contributed by atoms with Crippen LogP contribution in [-0.4, -0.2) is 83.1 Å². The van der Waals surface area contributed by atoms with Crippen LogP contribution in [0.15, 0.2) is 48.5 Å². The highest BCUT2D eigenvalue weighted by Crippen LogP contribution is 2.36. The van der Waals surface area contributed by atoms with Gasteiger partial charge in [-0.3, -0.25) is 9.59 Å². The first-order chi connectivity index (χ1) is 20.7. The zero-order valence-electron chi connectivity index (χ0n) is 26.6. The van der Waals surface area contributed by atoms with Crippen molar-refractivity contribution >= 4 is 23.8 Å². The van der Waals surface area contributed by atoms with Gasteiger partial charge in [-0.15, -0.1) is 0 Å². The highest BCUT2D eigenvalue weighted by Gasteiger charge is 2.38. The first-order valence-electron chi connectivity index (χ1n) is 15.2. The molecule has 2 unspecified atom stereocenters. The van der Waals surface area contributed by atoms with E-state index in [1.807, 2.05) is 24.3 Å². The van der Waals surface area contributed by atoms with Crippen LogP contribution in [0.2, 0.25) is 0 Å². The van der Waals surface area contributed by atoms with Crippen LogP contribution in [0.5, 0.6) is 11.5 Å². The minimum absolute atomic E-state index is 0.251. The van der Waals surface area contributed by atoms with E-state index < -0.39 is 35.2 Å². The van der Waals surface area contributed by atoms with Crippen LogP contribution < -0.4 is 9.47 Å². The van der Waals surface area contributed by atoms with E-state index in [4.69, 9.17) is 18.9 Å². The van der Waals surface area contributed by atoms with E-state index in [0.717, 1.165) is 0 Å². The van der Waals surface area contributed by atoms with Crippen LogP contribution in [0, 0.1) is 0 Å². The number of para-hydroxylation sites is 2. The fourth-order valence-corrected chi connectivity index (χ4v) is 5.43. The summed E-state index contributed by atoms with van der Waals surface area (Å²) in [5, 5.41) is 0. The molecule has 2 atom stereocenters. The Morgan fingerprint density at radius 2 is 1.00 bits per heavy atom. The second-order valence-electron chi connectivity index (χ2n) is 13.1. The van der Waals surface area contributed by atoms with Gasteiger partial charge in [-0.05, 0) is 79.4 Å². The first-order valence-corrected chi connectivity index (χ1v) is 15.2. The molecule has 0 N–H and O–H groups in total. The highest BCUT2D eigenvalue weighted by atomic mass is 16.6. The lowest BCUT2D eigenvalue weighted by Crippen LogP contribution is -2.45. The molecule has 0 aliphatic carbocycles. The van der Waals surface area contributed by atoms with E-state index in [0.29, 0.717) is 61.4 Å². The number of rotatable bonds is 9. The lowest BCUT2D eigenvalue weighted by Gasteiger charge is -2.27. The molecule has 2 aromatic rings. The van der Waals surface area contributed by atoms with Gasteiger partial charge in [-0.2, -0.15) is 0 Å². The summed E-state index contributed by atoms with van der Waals surface area (Å²) in [7, 11) is 0. The van der Waals surface area contributed by atoms with E-state index in [-0.39, 0.29) is 25.0 Å². The number of likely N-dealkylation sites (tertiary alicyclic amines) is 2. The third kappa shape index (κ3) is 8.51. The van der Waals surface area contributed by atoms with Gasteiger partial charge >= 0.3 is 11.9 Å².